The molecule has 1 aromatic heterocycles. The molecule has 23 heavy (non-hydrogen) atoms. The fourth-order valence-electron chi connectivity index (χ4n) is 2.36. The molecule has 3 N–H and O–H groups in total. The normalized spacial score (nSPS) is 16.4. The highest BCUT2D eigenvalue weighted by Crippen LogP contribution is 2.25. The molecule has 0 aliphatic heterocycles. The lowest BCUT2D eigenvalue weighted by Crippen LogP contribution is -2.40. The van der Waals surface area contributed by atoms with Crippen LogP contribution in [0, 0.1) is 6.92 Å². The lowest BCUT2D eigenvalue weighted by Gasteiger charge is -2.25. The first-order valence-electron chi connectivity index (χ1n) is 7.55. The quantitative estimate of drug-likeness (QED) is 0.763. The molecule has 1 heterocycles. The standard InChI is InChI=1S/C18H23NO4/c1-13-9-10-15(23-13)18(3,22)12-19-16(20)11-17(2,21)14-7-5-4-6-8-14/h4-10,21-22H,11-12H2,1-3H3,(H,19,20). The van der Waals surface area contributed by atoms with Crippen LogP contribution in [0.4, 0.5) is 0 Å². The van der Waals surface area contributed by atoms with Crippen LogP contribution in [-0.4, -0.2) is 22.7 Å². The summed E-state index contributed by atoms with van der Waals surface area (Å²) in [7, 11) is 0. The number of hydrogen-bond acceptors (Lipinski definition) is 4. The van der Waals surface area contributed by atoms with Crippen LogP contribution in [0.2, 0.25) is 0 Å². The van der Waals surface area contributed by atoms with Crippen molar-refractivity contribution in [3.8, 4) is 0 Å². The van der Waals surface area contributed by atoms with E-state index in [4.69, 9.17) is 4.42 Å². The van der Waals surface area contributed by atoms with Crippen LogP contribution >= 0.6 is 0 Å². The van der Waals surface area contributed by atoms with E-state index in [1.165, 1.54) is 0 Å². The minimum absolute atomic E-state index is 0.00363. The molecular formula is C18H23NO4. The van der Waals surface area contributed by atoms with Gasteiger partial charge in [-0.1, -0.05) is 30.3 Å². The lowest BCUT2D eigenvalue weighted by atomic mass is 9.92. The van der Waals surface area contributed by atoms with Crippen molar-refractivity contribution >= 4 is 5.91 Å². The number of nitrogens with one attached hydrogen (secondary N) is 1. The number of aliphatic hydroxyl groups is 2. The summed E-state index contributed by atoms with van der Waals surface area (Å²) in [5.74, 6) is 0.742. The number of carbonyl (C=O) groups excluding carboxylic acids is 1. The predicted octanol–water partition coefficient (Wildman–Crippen LogP) is 2.21. The number of benzene rings is 1. The first-order chi connectivity index (χ1) is 10.7. The van der Waals surface area contributed by atoms with Crippen LogP contribution in [0.15, 0.2) is 46.9 Å². The van der Waals surface area contributed by atoms with Crippen molar-refractivity contribution in [2.24, 2.45) is 0 Å². The second kappa shape index (κ2) is 6.56. The molecule has 0 saturated carbocycles. The summed E-state index contributed by atoms with van der Waals surface area (Å²) in [6, 6.07) is 12.5. The molecule has 0 fully saturated rings. The number of carbonyl (C=O) groups is 1. The minimum atomic E-state index is -1.30. The minimum Gasteiger partial charge on any atom is -0.463 e. The third kappa shape index (κ3) is 4.43. The number of amides is 1. The monoisotopic (exact) mass is 317 g/mol. The Morgan fingerprint density at radius 2 is 1.74 bits per heavy atom. The van der Waals surface area contributed by atoms with Crippen molar-refractivity contribution in [1.82, 2.24) is 5.32 Å². The van der Waals surface area contributed by atoms with Crippen LogP contribution in [-0.2, 0) is 16.0 Å². The van der Waals surface area contributed by atoms with Gasteiger partial charge in [0, 0.05) is 0 Å². The third-order valence-corrected chi connectivity index (χ3v) is 3.80. The van der Waals surface area contributed by atoms with Crippen molar-refractivity contribution in [2.75, 3.05) is 6.54 Å². The van der Waals surface area contributed by atoms with Crippen LogP contribution in [0.25, 0.3) is 0 Å². The van der Waals surface area contributed by atoms with Gasteiger partial charge in [-0.15, -0.1) is 0 Å². The maximum Gasteiger partial charge on any atom is 0.223 e. The van der Waals surface area contributed by atoms with E-state index in [2.05, 4.69) is 5.32 Å². The Morgan fingerprint density at radius 3 is 2.30 bits per heavy atom. The molecule has 0 radical (unpaired) electrons. The highest BCUT2D eigenvalue weighted by atomic mass is 16.4. The van der Waals surface area contributed by atoms with E-state index >= 15 is 0 Å². The van der Waals surface area contributed by atoms with E-state index in [1.807, 2.05) is 18.2 Å². The Hall–Kier alpha value is -2.11. The maximum atomic E-state index is 12.1. The SMILES string of the molecule is Cc1ccc(C(C)(O)CNC(=O)CC(C)(O)c2ccccc2)o1. The largest absolute Gasteiger partial charge is 0.463 e. The summed E-state index contributed by atoms with van der Waals surface area (Å²) in [6.45, 7) is 4.95. The van der Waals surface area contributed by atoms with Crippen LogP contribution in [0.3, 0.4) is 0 Å². The molecule has 0 aliphatic carbocycles. The van der Waals surface area contributed by atoms with E-state index in [9.17, 15) is 15.0 Å². The number of aryl methyl sites for hydroxylation is 1. The maximum absolute atomic E-state index is 12.1. The third-order valence-electron chi connectivity index (χ3n) is 3.80. The predicted molar refractivity (Wildman–Crippen MR) is 86.7 cm³/mol. The zero-order valence-electron chi connectivity index (χ0n) is 13.7. The van der Waals surface area contributed by atoms with Crippen molar-refractivity contribution in [3.63, 3.8) is 0 Å². The van der Waals surface area contributed by atoms with Crippen molar-refractivity contribution < 1.29 is 19.4 Å². The fourth-order valence-corrected chi connectivity index (χ4v) is 2.36. The molecule has 2 aromatic rings. The van der Waals surface area contributed by atoms with Gasteiger partial charge in [0.15, 0.2) is 0 Å². The Morgan fingerprint density at radius 1 is 1.09 bits per heavy atom. The number of hydrogen-bond donors (Lipinski definition) is 3. The molecule has 1 aromatic carbocycles. The Bertz CT molecular complexity index is 659. The van der Waals surface area contributed by atoms with E-state index in [0.29, 0.717) is 17.1 Å². The molecule has 2 unspecified atom stereocenters. The molecule has 2 atom stereocenters. The van der Waals surface area contributed by atoms with Gasteiger partial charge in [0.2, 0.25) is 5.91 Å². The van der Waals surface area contributed by atoms with Crippen molar-refractivity contribution in [1.29, 1.82) is 0 Å². The molecule has 124 valence electrons. The topological polar surface area (TPSA) is 82.7 Å². The molecule has 1 amide bonds. The Balaban J connectivity index is 1.95. The Labute approximate surface area is 136 Å². The van der Waals surface area contributed by atoms with Gasteiger partial charge >= 0.3 is 0 Å². The van der Waals surface area contributed by atoms with Crippen molar-refractivity contribution in [3.05, 3.63) is 59.5 Å². The van der Waals surface area contributed by atoms with Crippen LogP contribution in [0.5, 0.6) is 0 Å². The van der Waals surface area contributed by atoms with Crippen LogP contribution < -0.4 is 5.32 Å². The second-order valence-corrected chi connectivity index (χ2v) is 6.28. The average Bonchev–Trinajstić information content (AvgIpc) is 2.93. The van der Waals surface area contributed by atoms with E-state index in [1.54, 1.807) is 45.0 Å². The molecule has 0 spiro atoms. The summed E-state index contributed by atoms with van der Waals surface area (Å²) in [4.78, 5) is 12.1. The summed E-state index contributed by atoms with van der Waals surface area (Å²) in [5, 5.41) is 23.5. The van der Waals surface area contributed by atoms with Gasteiger partial charge in [0.25, 0.3) is 0 Å². The van der Waals surface area contributed by atoms with Gasteiger partial charge < -0.3 is 19.9 Å². The molecule has 2 rings (SSSR count). The zero-order chi connectivity index (χ0) is 17.1. The second-order valence-electron chi connectivity index (χ2n) is 6.28. The Kier molecular flexibility index (Phi) is 4.92. The zero-order valence-corrected chi connectivity index (χ0v) is 13.7. The average molecular weight is 317 g/mol. The van der Waals surface area contributed by atoms with Gasteiger partial charge in [-0.2, -0.15) is 0 Å². The van der Waals surface area contributed by atoms with Crippen LogP contribution in [0.1, 0.15) is 37.4 Å². The molecule has 0 saturated heterocycles. The summed E-state index contributed by atoms with van der Waals surface area (Å²) >= 11 is 0. The smallest absolute Gasteiger partial charge is 0.223 e. The molecule has 5 heteroatoms. The fraction of sp³-hybridized carbons (Fsp3) is 0.389. The summed E-state index contributed by atoms with van der Waals surface area (Å²) in [5.41, 5.74) is -1.90. The van der Waals surface area contributed by atoms with Gasteiger partial charge in [0.1, 0.15) is 17.1 Å². The molecule has 0 bridgehead atoms. The van der Waals surface area contributed by atoms with Crippen molar-refractivity contribution in [2.45, 2.75) is 38.4 Å². The number of rotatable bonds is 6. The van der Waals surface area contributed by atoms with E-state index < -0.39 is 11.2 Å². The van der Waals surface area contributed by atoms with Gasteiger partial charge in [-0.3, -0.25) is 4.79 Å². The van der Waals surface area contributed by atoms with E-state index in [-0.39, 0.29) is 18.9 Å². The van der Waals surface area contributed by atoms with Gasteiger partial charge in [-0.25, -0.2) is 0 Å². The first kappa shape index (κ1) is 17.2. The number of furan rings is 1. The lowest BCUT2D eigenvalue weighted by molar-refractivity contribution is -0.127. The summed E-state index contributed by atoms with van der Waals surface area (Å²) in [6.07, 6.45) is -0.0930. The van der Waals surface area contributed by atoms with E-state index in [0.717, 1.165) is 0 Å². The molecule has 0 aliphatic rings. The first-order valence-corrected chi connectivity index (χ1v) is 7.55. The highest BCUT2D eigenvalue weighted by Gasteiger charge is 2.30. The van der Waals surface area contributed by atoms with Gasteiger partial charge in [0.05, 0.1) is 18.6 Å². The summed E-state index contributed by atoms with van der Waals surface area (Å²) < 4.78 is 5.40. The molecular weight excluding hydrogens is 294 g/mol. The highest BCUT2D eigenvalue weighted by molar-refractivity contribution is 5.77. The van der Waals surface area contributed by atoms with Gasteiger partial charge in [-0.05, 0) is 38.5 Å². The molecule has 5 nitrogen and oxygen atoms in total.